The molecule has 1 aromatic rings. The second-order valence-electron chi connectivity index (χ2n) is 2.99. The first-order valence-electron chi connectivity index (χ1n) is 4.31. The molecular weight excluding hydrogens is 189 g/mol. The van der Waals surface area contributed by atoms with E-state index >= 15 is 0 Å². The molecule has 0 saturated heterocycles. The van der Waals surface area contributed by atoms with Crippen LogP contribution in [0, 0.1) is 0 Å². The van der Waals surface area contributed by atoms with Gasteiger partial charge in [-0.3, -0.25) is 0 Å². The fraction of sp³-hybridized carbons (Fsp3) is 0.273. The summed E-state index contributed by atoms with van der Waals surface area (Å²) in [5.74, 6) is 0. The normalized spacial score (nSPS) is 11.4. The molecule has 1 aromatic carbocycles. The van der Waals surface area contributed by atoms with Crippen molar-refractivity contribution < 1.29 is 13.2 Å². The zero-order chi connectivity index (χ0) is 10.8. The van der Waals surface area contributed by atoms with Crippen molar-refractivity contribution in [3.05, 3.63) is 42.0 Å². The van der Waals surface area contributed by atoms with E-state index in [0.29, 0.717) is 12.0 Å². The predicted molar refractivity (Wildman–Crippen MR) is 50.9 cm³/mol. The second-order valence-corrected chi connectivity index (χ2v) is 2.99. The zero-order valence-corrected chi connectivity index (χ0v) is 7.86. The number of aryl methyl sites for hydroxylation is 1. The van der Waals surface area contributed by atoms with Crippen molar-refractivity contribution in [3.8, 4) is 0 Å². The first-order valence-corrected chi connectivity index (χ1v) is 4.31. The number of benzene rings is 1. The van der Waals surface area contributed by atoms with Crippen molar-refractivity contribution in [2.75, 3.05) is 0 Å². The standard InChI is InChI=1S/C11H11F3/c1-3-9-6-4-5-7-10(9)8(2)11(12,13)14/h4-7H,2-3H2,1H3. The van der Waals surface area contributed by atoms with Gasteiger partial charge < -0.3 is 0 Å². The summed E-state index contributed by atoms with van der Waals surface area (Å²) in [7, 11) is 0. The second kappa shape index (κ2) is 3.86. The molecule has 0 atom stereocenters. The maximum atomic E-state index is 12.4. The van der Waals surface area contributed by atoms with Crippen LogP contribution in [-0.4, -0.2) is 6.18 Å². The van der Waals surface area contributed by atoms with E-state index < -0.39 is 11.7 Å². The number of alkyl halides is 3. The van der Waals surface area contributed by atoms with E-state index in [1.165, 1.54) is 6.07 Å². The molecule has 0 N–H and O–H groups in total. The summed E-state index contributed by atoms with van der Waals surface area (Å²) in [6.07, 6.45) is -3.77. The van der Waals surface area contributed by atoms with Crippen LogP contribution in [0.3, 0.4) is 0 Å². The van der Waals surface area contributed by atoms with Gasteiger partial charge in [0.15, 0.2) is 0 Å². The van der Waals surface area contributed by atoms with Gasteiger partial charge in [-0.15, -0.1) is 0 Å². The Bertz CT molecular complexity index is 337. The number of hydrogen-bond donors (Lipinski definition) is 0. The Hall–Kier alpha value is -1.25. The van der Waals surface area contributed by atoms with Crippen molar-refractivity contribution in [2.45, 2.75) is 19.5 Å². The Morgan fingerprint density at radius 1 is 1.29 bits per heavy atom. The molecule has 0 aromatic heterocycles. The van der Waals surface area contributed by atoms with Crippen LogP contribution in [0.25, 0.3) is 5.57 Å². The van der Waals surface area contributed by atoms with Gasteiger partial charge in [-0.25, -0.2) is 0 Å². The molecule has 0 aliphatic heterocycles. The van der Waals surface area contributed by atoms with E-state index in [9.17, 15) is 13.2 Å². The SMILES string of the molecule is C=C(c1ccccc1CC)C(F)(F)F. The lowest BCUT2D eigenvalue weighted by atomic mass is 9.99. The number of hydrogen-bond acceptors (Lipinski definition) is 0. The quantitative estimate of drug-likeness (QED) is 0.680. The molecule has 0 unspecified atom stereocenters. The van der Waals surface area contributed by atoms with Crippen LogP contribution in [0.1, 0.15) is 18.1 Å². The molecule has 0 fully saturated rings. The third-order valence-electron chi connectivity index (χ3n) is 2.07. The maximum Gasteiger partial charge on any atom is 0.416 e. The lowest BCUT2D eigenvalue weighted by Gasteiger charge is -2.13. The van der Waals surface area contributed by atoms with Gasteiger partial charge in [-0.05, 0) is 17.5 Å². The molecule has 1 rings (SSSR count). The fourth-order valence-electron chi connectivity index (χ4n) is 1.28. The van der Waals surface area contributed by atoms with E-state index in [2.05, 4.69) is 6.58 Å². The van der Waals surface area contributed by atoms with Crippen LogP contribution in [0.15, 0.2) is 30.8 Å². The number of halogens is 3. The van der Waals surface area contributed by atoms with Gasteiger partial charge in [0, 0.05) is 0 Å². The monoisotopic (exact) mass is 200 g/mol. The van der Waals surface area contributed by atoms with Crippen LogP contribution in [0.4, 0.5) is 13.2 Å². The predicted octanol–water partition coefficient (Wildman–Crippen LogP) is 3.82. The summed E-state index contributed by atoms with van der Waals surface area (Å²) in [5.41, 5.74) is 0.104. The highest BCUT2D eigenvalue weighted by Crippen LogP contribution is 2.33. The smallest absolute Gasteiger partial charge is 0.166 e. The molecule has 0 radical (unpaired) electrons. The summed E-state index contributed by atoms with van der Waals surface area (Å²) >= 11 is 0. The van der Waals surface area contributed by atoms with Crippen molar-refractivity contribution in [3.63, 3.8) is 0 Å². The molecule has 0 nitrogen and oxygen atoms in total. The Balaban J connectivity index is 3.13. The van der Waals surface area contributed by atoms with Crippen LogP contribution in [0.5, 0.6) is 0 Å². The fourth-order valence-corrected chi connectivity index (χ4v) is 1.28. The third-order valence-corrected chi connectivity index (χ3v) is 2.07. The van der Waals surface area contributed by atoms with Gasteiger partial charge in [-0.1, -0.05) is 37.8 Å². The van der Waals surface area contributed by atoms with Gasteiger partial charge in [0.1, 0.15) is 0 Å². The molecule has 0 aliphatic rings. The Morgan fingerprint density at radius 3 is 2.36 bits per heavy atom. The third kappa shape index (κ3) is 2.16. The average Bonchev–Trinajstić information content (AvgIpc) is 2.15. The molecule has 3 heteroatoms. The highest BCUT2D eigenvalue weighted by atomic mass is 19.4. The minimum Gasteiger partial charge on any atom is -0.166 e. The molecular formula is C11H11F3. The Morgan fingerprint density at radius 2 is 1.86 bits per heavy atom. The van der Waals surface area contributed by atoms with Crippen LogP contribution in [0.2, 0.25) is 0 Å². The molecule has 0 heterocycles. The highest BCUT2D eigenvalue weighted by molar-refractivity contribution is 5.69. The average molecular weight is 200 g/mol. The van der Waals surface area contributed by atoms with E-state index in [4.69, 9.17) is 0 Å². The minimum absolute atomic E-state index is 0.197. The van der Waals surface area contributed by atoms with E-state index in [0.717, 1.165) is 0 Å². The van der Waals surface area contributed by atoms with Crippen LogP contribution >= 0.6 is 0 Å². The van der Waals surface area contributed by atoms with Crippen molar-refractivity contribution >= 4 is 5.57 Å². The Labute approximate surface area is 81.1 Å². The molecule has 0 aliphatic carbocycles. The highest BCUT2D eigenvalue weighted by Gasteiger charge is 2.33. The molecule has 76 valence electrons. The lowest BCUT2D eigenvalue weighted by Crippen LogP contribution is -2.10. The summed E-state index contributed by atoms with van der Waals surface area (Å²) in [6, 6.07) is 6.46. The molecule has 0 spiro atoms. The molecule has 14 heavy (non-hydrogen) atoms. The van der Waals surface area contributed by atoms with Gasteiger partial charge in [0.2, 0.25) is 0 Å². The molecule has 0 amide bonds. The van der Waals surface area contributed by atoms with Crippen molar-refractivity contribution in [1.82, 2.24) is 0 Å². The zero-order valence-electron chi connectivity index (χ0n) is 7.86. The van der Waals surface area contributed by atoms with E-state index in [1.807, 2.05) is 6.92 Å². The molecule has 0 bridgehead atoms. The topological polar surface area (TPSA) is 0 Å². The first kappa shape index (κ1) is 10.8. The Kier molecular flexibility index (Phi) is 2.99. The van der Waals surface area contributed by atoms with Crippen LogP contribution < -0.4 is 0 Å². The van der Waals surface area contributed by atoms with Crippen molar-refractivity contribution in [2.24, 2.45) is 0 Å². The maximum absolute atomic E-state index is 12.4. The largest absolute Gasteiger partial charge is 0.416 e. The van der Waals surface area contributed by atoms with E-state index in [1.54, 1.807) is 18.2 Å². The van der Waals surface area contributed by atoms with Gasteiger partial charge in [0.05, 0.1) is 5.57 Å². The van der Waals surface area contributed by atoms with E-state index in [-0.39, 0.29) is 5.56 Å². The van der Waals surface area contributed by atoms with Gasteiger partial charge in [0.25, 0.3) is 0 Å². The van der Waals surface area contributed by atoms with Gasteiger partial charge >= 0.3 is 6.18 Å². The summed E-state index contributed by atoms with van der Waals surface area (Å²) in [6.45, 7) is 4.90. The molecule has 0 saturated carbocycles. The first-order chi connectivity index (χ1) is 6.46. The van der Waals surface area contributed by atoms with Crippen LogP contribution in [-0.2, 0) is 6.42 Å². The lowest BCUT2D eigenvalue weighted by molar-refractivity contribution is -0.0687. The summed E-state index contributed by atoms with van der Waals surface area (Å²) in [4.78, 5) is 0. The van der Waals surface area contributed by atoms with Gasteiger partial charge in [-0.2, -0.15) is 13.2 Å². The summed E-state index contributed by atoms with van der Waals surface area (Å²) < 4.78 is 37.1. The summed E-state index contributed by atoms with van der Waals surface area (Å²) in [5, 5.41) is 0. The minimum atomic E-state index is -4.34. The number of rotatable bonds is 2. The number of allylic oxidation sites excluding steroid dienone is 1. The van der Waals surface area contributed by atoms with Crippen molar-refractivity contribution in [1.29, 1.82) is 0 Å².